The Morgan fingerprint density at radius 3 is 2.50 bits per heavy atom. The Morgan fingerprint density at radius 1 is 1.12 bits per heavy atom. The predicted molar refractivity (Wildman–Crippen MR) is 94.9 cm³/mol. The van der Waals surface area contributed by atoms with Gasteiger partial charge in [0.05, 0.1) is 20.4 Å². The summed E-state index contributed by atoms with van der Waals surface area (Å²) in [4.78, 5) is 11.7. The van der Waals surface area contributed by atoms with Crippen LogP contribution in [-0.4, -0.2) is 32.9 Å². The molecule has 2 aromatic carbocycles. The highest BCUT2D eigenvalue weighted by Gasteiger charge is 2.04. The third-order valence-electron chi connectivity index (χ3n) is 3.01. The fourth-order valence-corrected chi connectivity index (χ4v) is 2.09. The molecule has 6 nitrogen and oxygen atoms in total. The molecule has 0 aromatic heterocycles. The molecule has 0 unspecified atom stereocenters. The van der Waals surface area contributed by atoms with Crippen LogP contribution in [0.25, 0.3) is 0 Å². The van der Waals surface area contributed by atoms with Crippen molar-refractivity contribution in [3.05, 3.63) is 52.5 Å². The summed E-state index contributed by atoms with van der Waals surface area (Å²) in [6.07, 6.45) is 1.49. The van der Waals surface area contributed by atoms with Crippen LogP contribution in [0.5, 0.6) is 17.2 Å². The highest BCUT2D eigenvalue weighted by atomic mass is 79.9. The van der Waals surface area contributed by atoms with Crippen LogP contribution in [0.15, 0.2) is 52.0 Å². The fraction of sp³-hybridized carbons (Fsp3) is 0.176. The summed E-state index contributed by atoms with van der Waals surface area (Å²) in [5.41, 5.74) is 3.09. The lowest BCUT2D eigenvalue weighted by molar-refractivity contribution is -0.123. The van der Waals surface area contributed by atoms with E-state index < -0.39 is 0 Å². The van der Waals surface area contributed by atoms with Crippen LogP contribution in [-0.2, 0) is 4.79 Å². The second kappa shape index (κ2) is 8.93. The molecule has 0 radical (unpaired) electrons. The molecule has 126 valence electrons. The first-order valence-electron chi connectivity index (χ1n) is 7.04. The van der Waals surface area contributed by atoms with E-state index in [1.165, 1.54) is 6.21 Å². The topological polar surface area (TPSA) is 69.2 Å². The standard InChI is InChI=1S/C17H17BrN2O4/c1-22-15-7-8-16(23-2)12(9-15)10-19-20-17(21)11-24-14-5-3-13(18)4-6-14/h3-10H,11H2,1-2H3,(H,20,21)/b19-10-. The molecule has 2 aromatic rings. The van der Waals surface area contributed by atoms with Gasteiger partial charge in [-0.05, 0) is 42.5 Å². The molecule has 0 aliphatic carbocycles. The highest BCUT2D eigenvalue weighted by Crippen LogP contribution is 2.22. The Morgan fingerprint density at radius 2 is 1.83 bits per heavy atom. The van der Waals surface area contributed by atoms with E-state index in [-0.39, 0.29) is 12.5 Å². The second-order valence-electron chi connectivity index (χ2n) is 4.64. The number of ether oxygens (including phenoxy) is 3. The van der Waals surface area contributed by atoms with Crippen LogP contribution in [0.4, 0.5) is 0 Å². The number of amides is 1. The van der Waals surface area contributed by atoms with Crippen LogP contribution >= 0.6 is 15.9 Å². The van der Waals surface area contributed by atoms with E-state index in [2.05, 4.69) is 26.5 Å². The van der Waals surface area contributed by atoms with Gasteiger partial charge in [0, 0.05) is 10.0 Å². The number of hydrazone groups is 1. The van der Waals surface area contributed by atoms with Crippen LogP contribution in [0.1, 0.15) is 5.56 Å². The van der Waals surface area contributed by atoms with Crippen molar-refractivity contribution in [2.75, 3.05) is 20.8 Å². The zero-order chi connectivity index (χ0) is 17.4. The number of hydrogen-bond donors (Lipinski definition) is 1. The van der Waals surface area contributed by atoms with Crippen molar-refractivity contribution < 1.29 is 19.0 Å². The lowest BCUT2D eigenvalue weighted by Gasteiger charge is -2.07. The third-order valence-corrected chi connectivity index (χ3v) is 3.54. The largest absolute Gasteiger partial charge is 0.497 e. The first kappa shape index (κ1) is 17.8. The van der Waals surface area contributed by atoms with Gasteiger partial charge in [0.1, 0.15) is 17.2 Å². The van der Waals surface area contributed by atoms with Crippen molar-refractivity contribution in [3.63, 3.8) is 0 Å². The Balaban J connectivity index is 1.89. The highest BCUT2D eigenvalue weighted by molar-refractivity contribution is 9.10. The number of benzene rings is 2. The van der Waals surface area contributed by atoms with E-state index in [1.54, 1.807) is 44.6 Å². The number of nitrogens with one attached hydrogen (secondary N) is 1. The minimum atomic E-state index is -0.365. The molecule has 0 atom stereocenters. The molecular weight excluding hydrogens is 376 g/mol. The van der Waals surface area contributed by atoms with Crippen LogP contribution < -0.4 is 19.6 Å². The molecule has 1 amide bonds. The number of rotatable bonds is 7. The zero-order valence-corrected chi connectivity index (χ0v) is 14.9. The number of nitrogens with zero attached hydrogens (tertiary/aromatic N) is 1. The smallest absolute Gasteiger partial charge is 0.277 e. The summed E-state index contributed by atoms with van der Waals surface area (Å²) in [6.45, 7) is -0.131. The average Bonchev–Trinajstić information content (AvgIpc) is 2.61. The van der Waals surface area contributed by atoms with Gasteiger partial charge in [-0.15, -0.1) is 0 Å². The minimum Gasteiger partial charge on any atom is -0.497 e. The SMILES string of the molecule is COc1ccc(OC)c(/C=N\NC(=O)COc2ccc(Br)cc2)c1. The van der Waals surface area contributed by atoms with Crippen molar-refractivity contribution in [1.29, 1.82) is 0 Å². The van der Waals surface area contributed by atoms with Gasteiger partial charge < -0.3 is 14.2 Å². The van der Waals surface area contributed by atoms with Crippen molar-refractivity contribution in [2.45, 2.75) is 0 Å². The monoisotopic (exact) mass is 392 g/mol. The summed E-state index contributed by atoms with van der Waals surface area (Å²) in [7, 11) is 3.13. The maximum Gasteiger partial charge on any atom is 0.277 e. The van der Waals surface area contributed by atoms with Gasteiger partial charge in [-0.2, -0.15) is 5.10 Å². The number of carbonyl (C=O) groups is 1. The molecule has 2 rings (SSSR count). The van der Waals surface area contributed by atoms with E-state index in [0.29, 0.717) is 22.8 Å². The molecule has 0 aliphatic heterocycles. The normalized spacial score (nSPS) is 10.5. The molecule has 0 fully saturated rings. The average molecular weight is 393 g/mol. The lowest BCUT2D eigenvalue weighted by Crippen LogP contribution is -2.24. The molecule has 1 N–H and O–H groups in total. The summed E-state index contributed by atoms with van der Waals surface area (Å²) in [6, 6.07) is 12.5. The number of carbonyl (C=O) groups excluding carboxylic acids is 1. The van der Waals surface area contributed by atoms with Crippen molar-refractivity contribution >= 4 is 28.1 Å². The van der Waals surface area contributed by atoms with Crippen LogP contribution in [0.2, 0.25) is 0 Å². The number of methoxy groups -OCH3 is 2. The lowest BCUT2D eigenvalue weighted by atomic mass is 10.2. The molecule has 0 aliphatic rings. The molecule has 7 heteroatoms. The van der Waals surface area contributed by atoms with E-state index in [1.807, 2.05) is 12.1 Å². The molecule has 0 bridgehead atoms. The molecule has 0 saturated carbocycles. The Hall–Kier alpha value is -2.54. The summed E-state index contributed by atoms with van der Waals surface area (Å²) in [5.74, 6) is 1.53. The first-order valence-corrected chi connectivity index (χ1v) is 7.84. The molecule has 0 spiro atoms. The Kier molecular flexibility index (Phi) is 6.62. The van der Waals surface area contributed by atoms with Gasteiger partial charge in [0.15, 0.2) is 6.61 Å². The number of halogens is 1. The Bertz CT molecular complexity index is 717. The summed E-state index contributed by atoms with van der Waals surface area (Å²) in [5, 5.41) is 3.90. The zero-order valence-electron chi connectivity index (χ0n) is 13.3. The quantitative estimate of drug-likeness (QED) is 0.580. The van der Waals surface area contributed by atoms with Crippen LogP contribution in [0.3, 0.4) is 0 Å². The maximum atomic E-state index is 11.7. The van der Waals surface area contributed by atoms with Gasteiger partial charge in [-0.25, -0.2) is 5.43 Å². The van der Waals surface area contributed by atoms with Gasteiger partial charge in [-0.1, -0.05) is 15.9 Å². The van der Waals surface area contributed by atoms with E-state index in [9.17, 15) is 4.79 Å². The van der Waals surface area contributed by atoms with E-state index in [4.69, 9.17) is 14.2 Å². The fourth-order valence-electron chi connectivity index (χ4n) is 1.83. The van der Waals surface area contributed by atoms with Gasteiger partial charge >= 0.3 is 0 Å². The summed E-state index contributed by atoms with van der Waals surface area (Å²) >= 11 is 3.33. The van der Waals surface area contributed by atoms with E-state index in [0.717, 1.165) is 4.47 Å². The van der Waals surface area contributed by atoms with Gasteiger partial charge in [-0.3, -0.25) is 4.79 Å². The second-order valence-corrected chi connectivity index (χ2v) is 5.56. The van der Waals surface area contributed by atoms with Crippen molar-refractivity contribution in [1.82, 2.24) is 5.43 Å². The Labute approximate surface area is 148 Å². The van der Waals surface area contributed by atoms with Crippen molar-refractivity contribution in [3.8, 4) is 17.2 Å². The molecule has 24 heavy (non-hydrogen) atoms. The minimum absolute atomic E-state index is 0.131. The van der Waals surface area contributed by atoms with Gasteiger partial charge in [0.25, 0.3) is 5.91 Å². The number of hydrogen-bond acceptors (Lipinski definition) is 5. The third kappa shape index (κ3) is 5.27. The predicted octanol–water partition coefficient (Wildman–Crippen LogP) is 3.00. The van der Waals surface area contributed by atoms with E-state index >= 15 is 0 Å². The molecule has 0 heterocycles. The van der Waals surface area contributed by atoms with Gasteiger partial charge in [0.2, 0.25) is 0 Å². The maximum absolute atomic E-state index is 11.7. The van der Waals surface area contributed by atoms with Crippen LogP contribution in [0, 0.1) is 0 Å². The molecular formula is C17H17BrN2O4. The first-order chi connectivity index (χ1) is 11.6. The summed E-state index contributed by atoms with van der Waals surface area (Å²) < 4.78 is 16.7. The van der Waals surface area contributed by atoms with Crippen molar-refractivity contribution in [2.24, 2.45) is 5.10 Å². The molecule has 0 saturated heterocycles.